The average molecular weight is 477 g/mol. The normalized spacial score (nSPS) is 10.5. The molecule has 2 aromatic heterocycles. The van der Waals surface area contributed by atoms with Crippen molar-refractivity contribution in [1.29, 1.82) is 0 Å². The highest BCUT2D eigenvalue weighted by atomic mass is 32.1. The quantitative estimate of drug-likeness (QED) is 0.413. The van der Waals surface area contributed by atoms with E-state index >= 15 is 0 Å². The van der Waals surface area contributed by atoms with Crippen LogP contribution < -0.4 is 10.6 Å². The first-order valence-corrected chi connectivity index (χ1v) is 10.6. The van der Waals surface area contributed by atoms with Crippen LogP contribution in [0.5, 0.6) is 0 Å². The standard InChI is InChI=1S/C20H21FN6O3S2/c1-11-14(18(29)30-4)16(32-15(11)17(28)26(2)3)23-20(31)24-19-22-10-27(25-19)9-12-7-5-6-8-13(12)21/h5-8,10H,9H2,1-4H3,(H2,23,24,25,31). The molecule has 0 aliphatic heterocycles. The largest absolute Gasteiger partial charge is 0.465 e. The van der Waals surface area contributed by atoms with Gasteiger partial charge in [0, 0.05) is 19.7 Å². The molecule has 2 N–H and O–H groups in total. The van der Waals surface area contributed by atoms with Gasteiger partial charge in [0.25, 0.3) is 5.91 Å². The summed E-state index contributed by atoms with van der Waals surface area (Å²) in [6.07, 6.45) is 1.44. The average Bonchev–Trinajstić information content (AvgIpc) is 3.32. The van der Waals surface area contributed by atoms with E-state index in [1.165, 1.54) is 29.1 Å². The van der Waals surface area contributed by atoms with Crippen LogP contribution in [0.1, 0.15) is 31.2 Å². The van der Waals surface area contributed by atoms with Crippen molar-refractivity contribution in [2.45, 2.75) is 13.5 Å². The number of methoxy groups -OCH3 is 1. The highest BCUT2D eigenvalue weighted by Crippen LogP contribution is 2.34. The molecule has 0 radical (unpaired) electrons. The molecule has 3 aromatic rings. The smallest absolute Gasteiger partial charge is 0.341 e. The SMILES string of the molecule is COC(=O)c1c(NC(=S)Nc2ncn(Cc3ccccc3F)n2)sc(C(=O)N(C)C)c1C. The van der Waals surface area contributed by atoms with E-state index in [2.05, 4.69) is 20.7 Å². The topological polar surface area (TPSA) is 101 Å². The minimum Gasteiger partial charge on any atom is -0.465 e. The Morgan fingerprint density at radius 1 is 1.28 bits per heavy atom. The van der Waals surface area contributed by atoms with E-state index in [-0.39, 0.29) is 34.9 Å². The van der Waals surface area contributed by atoms with Crippen molar-refractivity contribution in [3.8, 4) is 0 Å². The van der Waals surface area contributed by atoms with Crippen molar-refractivity contribution in [1.82, 2.24) is 19.7 Å². The lowest BCUT2D eigenvalue weighted by Crippen LogP contribution is -2.21. The first kappa shape index (κ1) is 23.3. The fourth-order valence-electron chi connectivity index (χ4n) is 2.82. The number of hydrogen-bond donors (Lipinski definition) is 2. The number of halogens is 1. The third kappa shape index (κ3) is 5.08. The Hall–Kier alpha value is -3.38. The minimum atomic E-state index is -0.589. The molecule has 32 heavy (non-hydrogen) atoms. The highest BCUT2D eigenvalue weighted by Gasteiger charge is 2.26. The van der Waals surface area contributed by atoms with Gasteiger partial charge in [0.05, 0.1) is 24.1 Å². The number of hydrogen-bond acceptors (Lipinski definition) is 7. The summed E-state index contributed by atoms with van der Waals surface area (Å²) in [5.41, 5.74) is 1.20. The van der Waals surface area contributed by atoms with Gasteiger partial charge in [-0.2, -0.15) is 0 Å². The van der Waals surface area contributed by atoms with Gasteiger partial charge in [-0.25, -0.2) is 18.9 Å². The lowest BCUT2D eigenvalue weighted by Gasteiger charge is -2.08. The van der Waals surface area contributed by atoms with Crippen LogP contribution in [0.4, 0.5) is 15.3 Å². The van der Waals surface area contributed by atoms with E-state index < -0.39 is 5.97 Å². The van der Waals surface area contributed by atoms with E-state index in [4.69, 9.17) is 17.0 Å². The summed E-state index contributed by atoms with van der Waals surface area (Å²) >= 11 is 6.41. The van der Waals surface area contributed by atoms with Crippen molar-refractivity contribution in [3.05, 3.63) is 58.0 Å². The molecule has 0 fully saturated rings. The number of ether oxygens (including phenoxy) is 1. The van der Waals surface area contributed by atoms with Crippen LogP contribution in [-0.2, 0) is 11.3 Å². The van der Waals surface area contributed by atoms with E-state index in [9.17, 15) is 14.0 Å². The van der Waals surface area contributed by atoms with Crippen LogP contribution >= 0.6 is 23.6 Å². The predicted octanol–water partition coefficient (Wildman–Crippen LogP) is 3.13. The molecule has 0 aliphatic carbocycles. The highest BCUT2D eigenvalue weighted by molar-refractivity contribution is 7.80. The first-order chi connectivity index (χ1) is 15.2. The van der Waals surface area contributed by atoms with Crippen LogP contribution in [0, 0.1) is 12.7 Å². The molecule has 3 rings (SSSR count). The number of esters is 1. The summed E-state index contributed by atoms with van der Waals surface area (Å²) in [7, 11) is 4.52. The first-order valence-electron chi connectivity index (χ1n) is 9.35. The molecule has 1 amide bonds. The van der Waals surface area contributed by atoms with Crippen LogP contribution in [0.25, 0.3) is 0 Å². The Labute approximate surface area is 193 Å². The van der Waals surface area contributed by atoms with Gasteiger partial charge in [-0.3, -0.25) is 10.1 Å². The van der Waals surface area contributed by atoms with Crippen molar-refractivity contribution >= 4 is 51.5 Å². The summed E-state index contributed by atoms with van der Waals surface area (Å²) in [5, 5.41) is 10.4. The molecule has 2 heterocycles. The number of rotatable bonds is 6. The number of carbonyl (C=O) groups is 2. The maximum absolute atomic E-state index is 13.8. The van der Waals surface area contributed by atoms with Crippen LogP contribution in [0.15, 0.2) is 30.6 Å². The van der Waals surface area contributed by atoms with Gasteiger partial charge in [0.1, 0.15) is 17.1 Å². The van der Waals surface area contributed by atoms with Gasteiger partial charge in [-0.15, -0.1) is 16.4 Å². The van der Waals surface area contributed by atoms with Crippen molar-refractivity contribution in [3.63, 3.8) is 0 Å². The molecule has 0 saturated heterocycles. The summed E-state index contributed by atoms with van der Waals surface area (Å²) in [4.78, 5) is 30.7. The number of carbonyl (C=O) groups excluding carboxylic acids is 2. The minimum absolute atomic E-state index is 0.115. The lowest BCUT2D eigenvalue weighted by molar-refractivity contribution is 0.0601. The number of thiophene rings is 1. The summed E-state index contributed by atoms with van der Waals surface area (Å²) < 4.78 is 20.2. The van der Waals surface area contributed by atoms with E-state index in [1.807, 2.05) is 0 Å². The molecule has 9 nitrogen and oxygen atoms in total. The second-order valence-corrected chi connectivity index (χ2v) is 8.32. The van der Waals surface area contributed by atoms with Crippen LogP contribution in [0.3, 0.4) is 0 Å². The van der Waals surface area contributed by atoms with Crippen molar-refractivity contribution in [2.75, 3.05) is 31.8 Å². The van der Waals surface area contributed by atoms with Gasteiger partial charge in [0.2, 0.25) is 5.95 Å². The summed E-state index contributed by atoms with van der Waals surface area (Å²) in [5.74, 6) is -0.968. The fourth-order valence-corrected chi connectivity index (χ4v) is 4.30. The maximum atomic E-state index is 13.8. The molecule has 0 unspecified atom stereocenters. The number of amides is 1. The number of thiocarbonyl (C=S) groups is 1. The number of aromatic nitrogens is 3. The molecule has 0 spiro atoms. The molecular formula is C20H21FN6O3S2. The zero-order chi connectivity index (χ0) is 23.4. The van der Waals surface area contributed by atoms with Gasteiger partial charge < -0.3 is 15.0 Å². The van der Waals surface area contributed by atoms with Gasteiger partial charge >= 0.3 is 5.97 Å². The Morgan fingerprint density at radius 3 is 2.66 bits per heavy atom. The summed E-state index contributed by atoms with van der Waals surface area (Å²) in [6, 6.07) is 6.40. The molecule has 1 aromatic carbocycles. The van der Waals surface area contributed by atoms with Crippen molar-refractivity contribution in [2.24, 2.45) is 0 Å². The predicted molar refractivity (Wildman–Crippen MR) is 124 cm³/mol. The second-order valence-electron chi connectivity index (χ2n) is 6.89. The fraction of sp³-hybridized carbons (Fsp3) is 0.250. The Bertz CT molecular complexity index is 1170. The molecule has 0 aliphatic rings. The Morgan fingerprint density at radius 2 is 2.00 bits per heavy atom. The summed E-state index contributed by atoms with van der Waals surface area (Å²) in [6.45, 7) is 1.88. The second kappa shape index (κ2) is 9.83. The molecule has 12 heteroatoms. The number of anilines is 2. The lowest BCUT2D eigenvalue weighted by atomic mass is 10.1. The van der Waals surface area contributed by atoms with E-state index in [0.29, 0.717) is 21.0 Å². The zero-order valence-corrected chi connectivity index (χ0v) is 19.4. The van der Waals surface area contributed by atoms with Crippen LogP contribution in [-0.4, -0.2) is 57.9 Å². The third-order valence-corrected chi connectivity index (χ3v) is 5.82. The van der Waals surface area contributed by atoms with Gasteiger partial charge in [0.15, 0.2) is 5.11 Å². The molecular weight excluding hydrogens is 455 g/mol. The van der Waals surface area contributed by atoms with E-state index in [0.717, 1.165) is 11.3 Å². The molecule has 168 valence electrons. The molecule has 0 bridgehead atoms. The van der Waals surface area contributed by atoms with E-state index in [1.54, 1.807) is 39.2 Å². The maximum Gasteiger partial charge on any atom is 0.341 e. The Kier molecular flexibility index (Phi) is 7.15. The van der Waals surface area contributed by atoms with Gasteiger partial charge in [-0.1, -0.05) is 18.2 Å². The third-order valence-electron chi connectivity index (χ3n) is 4.42. The number of benzene rings is 1. The number of nitrogens with one attached hydrogen (secondary N) is 2. The van der Waals surface area contributed by atoms with Crippen molar-refractivity contribution < 1.29 is 18.7 Å². The molecule has 0 atom stereocenters. The number of nitrogens with zero attached hydrogens (tertiary/aromatic N) is 4. The molecule has 0 saturated carbocycles. The monoisotopic (exact) mass is 476 g/mol. The Balaban J connectivity index is 1.75. The van der Waals surface area contributed by atoms with Gasteiger partial charge in [-0.05, 0) is 30.8 Å². The zero-order valence-electron chi connectivity index (χ0n) is 17.8. The van der Waals surface area contributed by atoms with Crippen LogP contribution in [0.2, 0.25) is 0 Å².